The van der Waals surface area contributed by atoms with Crippen molar-refractivity contribution in [2.75, 3.05) is 18.5 Å². The van der Waals surface area contributed by atoms with Gasteiger partial charge in [-0.1, -0.05) is 17.7 Å². The number of anilines is 1. The van der Waals surface area contributed by atoms with Gasteiger partial charge in [0.05, 0.1) is 16.8 Å². The largest absolute Gasteiger partial charge is 0.508 e. The molecule has 0 radical (unpaired) electrons. The Morgan fingerprint density at radius 1 is 1.36 bits per heavy atom. The number of aliphatic hydroxyl groups excluding tert-OH is 1. The molecule has 0 fully saturated rings. The minimum atomic E-state index is -0.989. The number of β-amino-alcohol motifs (C(OH)–C–C–N with tert-alkyl or cyclic N) is 1. The van der Waals surface area contributed by atoms with Crippen LogP contribution < -0.4 is 15.4 Å². The van der Waals surface area contributed by atoms with Gasteiger partial charge in [-0.25, -0.2) is 4.39 Å². The lowest BCUT2D eigenvalue weighted by atomic mass is 9.94. The summed E-state index contributed by atoms with van der Waals surface area (Å²) in [6.07, 6.45) is -0.476. The Bertz CT molecular complexity index is 904. The van der Waals surface area contributed by atoms with E-state index in [-0.39, 0.29) is 29.8 Å². The highest BCUT2D eigenvalue weighted by atomic mass is 35.5. The van der Waals surface area contributed by atoms with E-state index < -0.39 is 17.5 Å². The molecule has 1 aliphatic rings. The van der Waals surface area contributed by atoms with Crippen molar-refractivity contribution in [3.05, 3.63) is 52.3 Å². The highest BCUT2D eigenvalue weighted by molar-refractivity contribution is 6.30. The van der Waals surface area contributed by atoms with Crippen LogP contribution in [0.15, 0.2) is 30.3 Å². The van der Waals surface area contributed by atoms with Crippen molar-refractivity contribution in [2.24, 2.45) is 0 Å². The van der Waals surface area contributed by atoms with E-state index in [4.69, 9.17) is 16.3 Å². The number of carbonyl (C=O) groups is 1. The number of amides is 1. The molecule has 0 saturated heterocycles. The Kier molecular flexibility index (Phi) is 5.79. The number of phenolic OH excluding ortho intramolecular Hbond substituents is 1. The number of benzene rings is 2. The molecule has 0 spiro atoms. The number of hydrogen-bond acceptors (Lipinski definition) is 5. The predicted octanol–water partition coefficient (Wildman–Crippen LogP) is 3.16. The molecule has 0 bridgehead atoms. The van der Waals surface area contributed by atoms with Gasteiger partial charge in [-0.05, 0) is 44.0 Å². The number of rotatable bonds is 6. The summed E-state index contributed by atoms with van der Waals surface area (Å²) in [5, 5.41) is 26.5. The van der Waals surface area contributed by atoms with Gasteiger partial charge in [0.2, 0.25) is 0 Å². The maximum Gasteiger partial charge on any atom is 0.262 e. The van der Waals surface area contributed by atoms with Gasteiger partial charge < -0.3 is 25.6 Å². The zero-order valence-electron chi connectivity index (χ0n) is 15.6. The average Bonchev–Trinajstić information content (AvgIpc) is 2.61. The van der Waals surface area contributed by atoms with Gasteiger partial charge in [0.15, 0.2) is 6.61 Å². The van der Waals surface area contributed by atoms with Gasteiger partial charge in [-0.2, -0.15) is 0 Å². The Morgan fingerprint density at radius 3 is 2.82 bits per heavy atom. The van der Waals surface area contributed by atoms with E-state index in [0.29, 0.717) is 23.4 Å². The predicted molar refractivity (Wildman–Crippen MR) is 104 cm³/mol. The number of fused-ring (bicyclic) bond motifs is 1. The molecular formula is C20H22ClFN2O4. The summed E-state index contributed by atoms with van der Waals surface area (Å²) in [6, 6.07) is 7.44. The van der Waals surface area contributed by atoms with Crippen LogP contribution in [0.3, 0.4) is 0 Å². The summed E-state index contributed by atoms with van der Waals surface area (Å²) >= 11 is 5.72. The summed E-state index contributed by atoms with van der Waals surface area (Å²) in [6.45, 7) is 3.87. The van der Waals surface area contributed by atoms with Gasteiger partial charge >= 0.3 is 0 Å². The van der Waals surface area contributed by atoms with E-state index >= 15 is 0 Å². The molecule has 0 saturated carbocycles. The number of aliphatic hydroxyl groups is 1. The van der Waals surface area contributed by atoms with E-state index in [2.05, 4.69) is 10.6 Å². The number of aromatic hydroxyl groups is 1. The van der Waals surface area contributed by atoms with Crippen LogP contribution in [0.2, 0.25) is 5.02 Å². The third kappa shape index (κ3) is 4.73. The van der Waals surface area contributed by atoms with Crippen LogP contribution in [-0.2, 0) is 11.2 Å². The highest BCUT2D eigenvalue weighted by Crippen LogP contribution is 2.38. The number of ether oxygens (including phenoxy) is 1. The van der Waals surface area contributed by atoms with Crippen molar-refractivity contribution in [2.45, 2.75) is 31.9 Å². The van der Waals surface area contributed by atoms with Crippen molar-refractivity contribution in [1.29, 1.82) is 0 Å². The second kappa shape index (κ2) is 7.95. The zero-order chi connectivity index (χ0) is 20.5. The lowest BCUT2D eigenvalue weighted by molar-refractivity contribution is -0.118. The first-order valence-electron chi connectivity index (χ1n) is 8.81. The molecule has 0 aromatic heterocycles. The Labute approximate surface area is 167 Å². The number of halogens is 2. The Hall–Kier alpha value is -2.35. The number of nitrogens with one attached hydrogen (secondary N) is 2. The van der Waals surface area contributed by atoms with Gasteiger partial charge in [-0.3, -0.25) is 4.79 Å². The molecule has 6 nitrogen and oxygen atoms in total. The minimum absolute atomic E-state index is 0.0747. The van der Waals surface area contributed by atoms with Crippen molar-refractivity contribution in [3.63, 3.8) is 0 Å². The molecule has 1 atom stereocenters. The van der Waals surface area contributed by atoms with E-state index in [9.17, 15) is 19.4 Å². The summed E-state index contributed by atoms with van der Waals surface area (Å²) in [5.74, 6) is -0.549. The zero-order valence-corrected chi connectivity index (χ0v) is 16.3. The average molecular weight is 409 g/mol. The normalized spacial score (nSPS) is 14.8. The van der Waals surface area contributed by atoms with Gasteiger partial charge in [0, 0.05) is 23.7 Å². The summed E-state index contributed by atoms with van der Waals surface area (Å²) < 4.78 is 19.1. The SMILES string of the molecule is CC(C)(Cc1ccc(Cl)c(F)c1)NCC(O)c1cc(O)cc2c1OCC(=O)N2. The Balaban J connectivity index is 1.70. The molecule has 2 aromatic carbocycles. The second-order valence-corrected chi connectivity index (χ2v) is 7.86. The van der Waals surface area contributed by atoms with E-state index in [1.165, 1.54) is 24.3 Å². The lowest BCUT2D eigenvalue weighted by Crippen LogP contribution is -2.43. The van der Waals surface area contributed by atoms with Crippen LogP contribution in [0.5, 0.6) is 11.5 Å². The van der Waals surface area contributed by atoms with Crippen LogP contribution >= 0.6 is 11.6 Å². The van der Waals surface area contributed by atoms with Crippen LogP contribution in [0.25, 0.3) is 0 Å². The maximum absolute atomic E-state index is 13.7. The molecule has 8 heteroatoms. The molecule has 0 aliphatic carbocycles. The molecule has 2 aromatic rings. The molecule has 1 unspecified atom stereocenters. The summed E-state index contributed by atoms with van der Waals surface area (Å²) in [4.78, 5) is 11.5. The molecule has 1 heterocycles. The molecule has 1 aliphatic heterocycles. The van der Waals surface area contributed by atoms with Crippen molar-refractivity contribution in [3.8, 4) is 11.5 Å². The first kappa shape index (κ1) is 20.4. The van der Waals surface area contributed by atoms with Crippen molar-refractivity contribution < 1.29 is 24.1 Å². The quantitative estimate of drug-likeness (QED) is 0.589. The van der Waals surface area contributed by atoms with E-state index in [0.717, 1.165) is 5.56 Å². The van der Waals surface area contributed by atoms with Crippen LogP contribution in [0.1, 0.15) is 31.1 Å². The number of carbonyl (C=O) groups excluding carboxylic acids is 1. The molecule has 4 N–H and O–H groups in total. The summed E-state index contributed by atoms with van der Waals surface area (Å²) in [7, 11) is 0. The first-order valence-corrected chi connectivity index (χ1v) is 9.19. The third-order valence-electron chi connectivity index (χ3n) is 4.49. The standard InChI is InChI=1S/C20H22ClFN2O4/c1-20(2,8-11-3-4-14(21)15(22)5-11)23-9-17(26)13-6-12(25)7-16-19(13)28-10-18(27)24-16/h3-7,17,23,25-26H,8-10H2,1-2H3,(H,24,27). The smallest absolute Gasteiger partial charge is 0.262 e. The fourth-order valence-electron chi connectivity index (χ4n) is 3.17. The van der Waals surface area contributed by atoms with E-state index in [1.54, 1.807) is 6.07 Å². The van der Waals surface area contributed by atoms with Crippen LogP contribution in [0, 0.1) is 5.82 Å². The van der Waals surface area contributed by atoms with Crippen LogP contribution in [0.4, 0.5) is 10.1 Å². The molecule has 150 valence electrons. The maximum atomic E-state index is 13.7. The highest BCUT2D eigenvalue weighted by Gasteiger charge is 2.26. The van der Waals surface area contributed by atoms with Gasteiger partial charge in [-0.15, -0.1) is 0 Å². The fraction of sp³-hybridized carbons (Fsp3) is 0.350. The molecular weight excluding hydrogens is 387 g/mol. The lowest BCUT2D eigenvalue weighted by Gasteiger charge is -2.29. The topological polar surface area (TPSA) is 90.8 Å². The minimum Gasteiger partial charge on any atom is -0.508 e. The Morgan fingerprint density at radius 2 is 2.11 bits per heavy atom. The third-order valence-corrected chi connectivity index (χ3v) is 4.79. The number of hydrogen-bond donors (Lipinski definition) is 4. The van der Waals surface area contributed by atoms with Crippen molar-refractivity contribution >= 4 is 23.2 Å². The fourth-order valence-corrected chi connectivity index (χ4v) is 3.28. The van der Waals surface area contributed by atoms with Crippen LogP contribution in [-0.4, -0.2) is 34.8 Å². The van der Waals surface area contributed by atoms with E-state index in [1.807, 2.05) is 13.8 Å². The monoisotopic (exact) mass is 408 g/mol. The first-order chi connectivity index (χ1) is 13.1. The van der Waals surface area contributed by atoms with Gasteiger partial charge in [0.1, 0.15) is 17.3 Å². The second-order valence-electron chi connectivity index (χ2n) is 7.45. The summed E-state index contributed by atoms with van der Waals surface area (Å²) in [5.41, 5.74) is 1.01. The molecule has 3 rings (SSSR count). The van der Waals surface area contributed by atoms with Crippen molar-refractivity contribution in [1.82, 2.24) is 5.32 Å². The number of phenols is 1. The van der Waals surface area contributed by atoms with Gasteiger partial charge in [0.25, 0.3) is 5.91 Å². The molecule has 1 amide bonds. The molecule has 28 heavy (non-hydrogen) atoms.